The quantitative estimate of drug-likeness (QED) is 0.802. The largest absolute Gasteiger partial charge is 0.374 e. The summed E-state index contributed by atoms with van der Waals surface area (Å²) in [7, 11) is 0. The average Bonchev–Trinajstić information content (AvgIpc) is 2.55. The number of carbonyl (C=O) groups excluding carboxylic acids is 1. The van der Waals surface area contributed by atoms with Crippen LogP contribution in [0.25, 0.3) is 0 Å². The Labute approximate surface area is 142 Å². The van der Waals surface area contributed by atoms with Gasteiger partial charge in [-0.2, -0.15) is 0 Å². The van der Waals surface area contributed by atoms with Crippen LogP contribution < -0.4 is 10.6 Å². The summed E-state index contributed by atoms with van der Waals surface area (Å²) >= 11 is 0. The van der Waals surface area contributed by atoms with E-state index in [0.29, 0.717) is 30.8 Å². The normalized spacial score (nSPS) is 10.7. The van der Waals surface area contributed by atoms with Gasteiger partial charge in [0.15, 0.2) is 0 Å². The number of amides is 2. The van der Waals surface area contributed by atoms with Crippen LogP contribution >= 0.6 is 0 Å². The molecule has 2 rings (SSSR count). The van der Waals surface area contributed by atoms with E-state index < -0.39 is 0 Å². The number of hydrogen-bond donors (Lipinski definition) is 2. The zero-order chi connectivity index (χ0) is 17.4. The van der Waals surface area contributed by atoms with Crippen LogP contribution in [0.2, 0.25) is 0 Å². The number of anilines is 1. The Morgan fingerprint density at radius 3 is 2.71 bits per heavy atom. The van der Waals surface area contributed by atoms with Gasteiger partial charge in [0.25, 0.3) is 0 Å². The van der Waals surface area contributed by atoms with Gasteiger partial charge < -0.3 is 15.4 Å². The van der Waals surface area contributed by atoms with Gasteiger partial charge in [-0.05, 0) is 49.6 Å². The standard InChI is InChI=1S/C19H23FN2O2/c1-14(2)24-13-15-6-5-8-17(12-15)22-19(23)21-11-10-16-7-3-4-9-18(16)20/h3-9,12,14H,10-11,13H2,1-2H3,(H2,21,22,23). The zero-order valence-electron chi connectivity index (χ0n) is 14.0. The summed E-state index contributed by atoms with van der Waals surface area (Å²) in [6.45, 7) is 4.82. The highest BCUT2D eigenvalue weighted by atomic mass is 19.1. The van der Waals surface area contributed by atoms with Crippen molar-refractivity contribution in [3.63, 3.8) is 0 Å². The highest BCUT2D eigenvalue weighted by Gasteiger charge is 2.05. The van der Waals surface area contributed by atoms with Crippen molar-refractivity contribution in [2.45, 2.75) is 33.0 Å². The molecular weight excluding hydrogens is 307 g/mol. The molecule has 0 heterocycles. The molecule has 128 valence electrons. The van der Waals surface area contributed by atoms with Crippen molar-refractivity contribution < 1.29 is 13.9 Å². The number of carbonyl (C=O) groups is 1. The fraction of sp³-hybridized carbons (Fsp3) is 0.316. The Hall–Kier alpha value is -2.40. The van der Waals surface area contributed by atoms with Crippen molar-refractivity contribution >= 4 is 11.7 Å². The lowest BCUT2D eigenvalue weighted by molar-refractivity contribution is 0.0657. The maximum Gasteiger partial charge on any atom is 0.319 e. The van der Waals surface area contributed by atoms with Gasteiger partial charge in [-0.25, -0.2) is 9.18 Å². The number of rotatable bonds is 7. The van der Waals surface area contributed by atoms with Crippen LogP contribution in [-0.4, -0.2) is 18.7 Å². The van der Waals surface area contributed by atoms with E-state index in [1.165, 1.54) is 6.07 Å². The van der Waals surface area contributed by atoms with Crippen molar-refractivity contribution in [3.05, 3.63) is 65.5 Å². The molecule has 0 unspecified atom stereocenters. The fourth-order valence-electron chi connectivity index (χ4n) is 2.19. The molecule has 0 atom stereocenters. The van der Waals surface area contributed by atoms with Gasteiger partial charge in [0, 0.05) is 12.2 Å². The van der Waals surface area contributed by atoms with E-state index in [1.54, 1.807) is 18.2 Å². The Morgan fingerprint density at radius 2 is 1.96 bits per heavy atom. The third kappa shape index (κ3) is 6.01. The smallest absolute Gasteiger partial charge is 0.319 e. The Bertz CT molecular complexity index is 674. The van der Waals surface area contributed by atoms with Gasteiger partial charge >= 0.3 is 6.03 Å². The van der Waals surface area contributed by atoms with Gasteiger partial charge in [-0.3, -0.25) is 0 Å². The molecule has 2 aromatic rings. The van der Waals surface area contributed by atoms with E-state index >= 15 is 0 Å². The number of ether oxygens (including phenoxy) is 1. The second kappa shape index (κ2) is 9.03. The lowest BCUT2D eigenvalue weighted by Gasteiger charge is -2.11. The predicted molar refractivity (Wildman–Crippen MR) is 93.5 cm³/mol. The Balaban J connectivity index is 1.80. The topological polar surface area (TPSA) is 50.4 Å². The summed E-state index contributed by atoms with van der Waals surface area (Å²) in [6, 6.07) is 13.8. The van der Waals surface area contributed by atoms with Crippen LogP contribution in [0.4, 0.5) is 14.9 Å². The number of hydrogen-bond acceptors (Lipinski definition) is 2. The maximum atomic E-state index is 13.5. The number of benzene rings is 2. The third-order valence-electron chi connectivity index (χ3n) is 3.41. The monoisotopic (exact) mass is 330 g/mol. The van der Waals surface area contributed by atoms with Crippen LogP contribution in [0.15, 0.2) is 48.5 Å². The molecule has 0 aliphatic carbocycles. The fourth-order valence-corrected chi connectivity index (χ4v) is 2.19. The summed E-state index contributed by atoms with van der Waals surface area (Å²) in [6.07, 6.45) is 0.603. The minimum Gasteiger partial charge on any atom is -0.374 e. The summed E-state index contributed by atoms with van der Waals surface area (Å²) in [4.78, 5) is 11.9. The van der Waals surface area contributed by atoms with E-state index in [-0.39, 0.29) is 18.0 Å². The van der Waals surface area contributed by atoms with Gasteiger partial charge in [-0.15, -0.1) is 0 Å². The summed E-state index contributed by atoms with van der Waals surface area (Å²) < 4.78 is 19.0. The molecule has 0 aromatic heterocycles. The molecule has 0 radical (unpaired) electrons. The lowest BCUT2D eigenvalue weighted by atomic mass is 10.1. The molecule has 0 aliphatic heterocycles. The van der Waals surface area contributed by atoms with E-state index in [0.717, 1.165) is 5.56 Å². The minimum atomic E-state index is -0.312. The van der Waals surface area contributed by atoms with Crippen molar-refractivity contribution in [1.82, 2.24) is 5.32 Å². The number of urea groups is 1. The summed E-state index contributed by atoms with van der Waals surface area (Å²) in [5.74, 6) is -0.252. The molecule has 0 bridgehead atoms. The van der Waals surface area contributed by atoms with Gasteiger partial charge in [0.05, 0.1) is 12.7 Å². The first kappa shape index (κ1) is 17.9. The van der Waals surface area contributed by atoms with Gasteiger partial charge in [0.1, 0.15) is 5.82 Å². The molecule has 0 aliphatic rings. The minimum absolute atomic E-state index is 0.156. The second-order valence-electron chi connectivity index (χ2n) is 5.78. The maximum absolute atomic E-state index is 13.5. The van der Waals surface area contributed by atoms with E-state index in [4.69, 9.17) is 4.74 Å². The molecule has 0 spiro atoms. The van der Waals surface area contributed by atoms with E-state index in [1.807, 2.05) is 38.1 Å². The average molecular weight is 330 g/mol. The molecule has 2 aromatic carbocycles. The first-order chi connectivity index (χ1) is 11.5. The summed E-state index contributed by atoms with van der Waals surface area (Å²) in [5, 5.41) is 5.50. The van der Waals surface area contributed by atoms with Crippen molar-refractivity contribution in [1.29, 1.82) is 0 Å². The first-order valence-electron chi connectivity index (χ1n) is 8.03. The SMILES string of the molecule is CC(C)OCc1cccc(NC(=O)NCCc2ccccc2F)c1. The van der Waals surface area contributed by atoms with Crippen LogP contribution in [-0.2, 0) is 17.8 Å². The van der Waals surface area contributed by atoms with Gasteiger partial charge in [0.2, 0.25) is 0 Å². The molecule has 0 fully saturated rings. The molecule has 5 heteroatoms. The van der Waals surface area contributed by atoms with Crippen molar-refractivity contribution in [3.8, 4) is 0 Å². The van der Waals surface area contributed by atoms with Crippen LogP contribution in [0, 0.1) is 5.82 Å². The number of halogens is 1. The van der Waals surface area contributed by atoms with Crippen LogP contribution in [0.3, 0.4) is 0 Å². The summed E-state index contributed by atoms with van der Waals surface area (Å²) in [5.41, 5.74) is 2.28. The van der Waals surface area contributed by atoms with Crippen LogP contribution in [0.1, 0.15) is 25.0 Å². The molecule has 4 nitrogen and oxygen atoms in total. The first-order valence-corrected chi connectivity index (χ1v) is 8.03. The molecule has 0 saturated heterocycles. The highest BCUT2D eigenvalue weighted by molar-refractivity contribution is 5.89. The predicted octanol–water partition coefficient (Wildman–Crippen LogP) is 4.11. The highest BCUT2D eigenvalue weighted by Crippen LogP contribution is 2.12. The molecule has 0 saturated carbocycles. The third-order valence-corrected chi connectivity index (χ3v) is 3.41. The second-order valence-corrected chi connectivity index (χ2v) is 5.78. The van der Waals surface area contributed by atoms with Crippen molar-refractivity contribution in [2.75, 3.05) is 11.9 Å². The molecule has 24 heavy (non-hydrogen) atoms. The van der Waals surface area contributed by atoms with Crippen LogP contribution in [0.5, 0.6) is 0 Å². The van der Waals surface area contributed by atoms with E-state index in [9.17, 15) is 9.18 Å². The molecule has 2 N–H and O–H groups in total. The zero-order valence-corrected chi connectivity index (χ0v) is 14.0. The van der Waals surface area contributed by atoms with E-state index in [2.05, 4.69) is 10.6 Å². The number of nitrogens with one attached hydrogen (secondary N) is 2. The molecular formula is C19H23FN2O2. The Morgan fingerprint density at radius 1 is 1.17 bits per heavy atom. The Kier molecular flexibility index (Phi) is 6.75. The van der Waals surface area contributed by atoms with Crippen molar-refractivity contribution in [2.24, 2.45) is 0 Å². The lowest BCUT2D eigenvalue weighted by Crippen LogP contribution is -2.30. The van der Waals surface area contributed by atoms with Gasteiger partial charge in [-0.1, -0.05) is 30.3 Å². The molecule has 2 amide bonds.